The van der Waals surface area contributed by atoms with Crippen molar-refractivity contribution >= 4 is 18.0 Å². The van der Waals surface area contributed by atoms with Crippen molar-refractivity contribution in [3.63, 3.8) is 0 Å². The highest BCUT2D eigenvalue weighted by Gasteiger charge is 2.42. The molecule has 6 nitrogen and oxygen atoms in total. The maximum Gasteiger partial charge on any atom is 0.346 e. The third kappa shape index (κ3) is 2.33. The molecule has 1 N–H and O–H groups in total. The Kier molecular flexibility index (Phi) is 2.80. The molecule has 6 heteroatoms. The number of methoxy groups -OCH3 is 1. The normalized spacial score (nSPS) is 23.3. The van der Waals surface area contributed by atoms with Crippen molar-refractivity contribution in [1.29, 1.82) is 0 Å². The second-order valence-electron chi connectivity index (χ2n) is 3.57. The standard InChI is InChI=1S/C10H11N3O3/c1-16-9(14)7-4-6(7)5-12-8-2-3-11-10(15)13-8/h2-3,5-7H,4H2,1H3,(H,11,13,15). The molecule has 0 aromatic carbocycles. The van der Waals surface area contributed by atoms with E-state index in [0.717, 1.165) is 6.42 Å². The van der Waals surface area contributed by atoms with Gasteiger partial charge in [0.2, 0.25) is 0 Å². The van der Waals surface area contributed by atoms with Crippen LogP contribution in [-0.4, -0.2) is 29.3 Å². The lowest BCUT2D eigenvalue weighted by Gasteiger charge is -1.93. The third-order valence-corrected chi connectivity index (χ3v) is 2.41. The molecule has 2 unspecified atom stereocenters. The fourth-order valence-electron chi connectivity index (χ4n) is 1.41. The van der Waals surface area contributed by atoms with E-state index in [4.69, 9.17) is 0 Å². The van der Waals surface area contributed by atoms with Gasteiger partial charge in [-0.05, 0) is 12.5 Å². The maximum atomic E-state index is 11.1. The Morgan fingerprint density at radius 3 is 3.25 bits per heavy atom. The summed E-state index contributed by atoms with van der Waals surface area (Å²) in [5.74, 6) is 0.265. The molecule has 0 spiro atoms. The Morgan fingerprint density at radius 1 is 1.75 bits per heavy atom. The van der Waals surface area contributed by atoms with Crippen LogP contribution in [0.5, 0.6) is 0 Å². The number of nitrogens with zero attached hydrogens (tertiary/aromatic N) is 2. The fourth-order valence-corrected chi connectivity index (χ4v) is 1.41. The fraction of sp³-hybridized carbons (Fsp3) is 0.400. The second kappa shape index (κ2) is 4.26. The zero-order valence-electron chi connectivity index (χ0n) is 8.71. The molecule has 1 heterocycles. The maximum absolute atomic E-state index is 11.1. The van der Waals surface area contributed by atoms with Gasteiger partial charge >= 0.3 is 11.7 Å². The molecule has 0 aliphatic heterocycles. The van der Waals surface area contributed by atoms with Crippen LogP contribution in [0.1, 0.15) is 6.42 Å². The van der Waals surface area contributed by atoms with Gasteiger partial charge in [-0.15, -0.1) is 0 Å². The van der Waals surface area contributed by atoms with Gasteiger partial charge in [0.05, 0.1) is 13.0 Å². The van der Waals surface area contributed by atoms with E-state index in [1.807, 2.05) is 0 Å². The minimum atomic E-state index is -0.435. The number of aromatic nitrogens is 2. The summed E-state index contributed by atoms with van der Waals surface area (Å²) in [4.78, 5) is 32.0. The minimum absolute atomic E-state index is 0.0812. The largest absolute Gasteiger partial charge is 0.469 e. The predicted molar refractivity (Wildman–Crippen MR) is 56.6 cm³/mol. The molecular weight excluding hydrogens is 210 g/mol. The van der Waals surface area contributed by atoms with Crippen molar-refractivity contribution in [3.05, 3.63) is 22.7 Å². The number of hydrogen-bond donors (Lipinski definition) is 1. The van der Waals surface area contributed by atoms with Crippen LogP contribution in [0.4, 0.5) is 5.82 Å². The van der Waals surface area contributed by atoms with Gasteiger partial charge in [0, 0.05) is 18.3 Å². The zero-order chi connectivity index (χ0) is 11.5. The highest BCUT2D eigenvalue weighted by Crippen LogP contribution is 2.37. The lowest BCUT2D eigenvalue weighted by Crippen LogP contribution is -2.07. The van der Waals surface area contributed by atoms with Crippen LogP contribution in [0.15, 0.2) is 22.1 Å². The quantitative estimate of drug-likeness (QED) is 0.587. The summed E-state index contributed by atoms with van der Waals surface area (Å²) in [6.45, 7) is 0. The summed E-state index contributed by atoms with van der Waals surface area (Å²) >= 11 is 0. The molecule has 1 fully saturated rings. The van der Waals surface area contributed by atoms with E-state index in [9.17, 15) is 9.59 Å². The molecule has 0 amide bonds. The number of hydrogen-bond acceptors (Lipinski definition) is 5. The lowest BCUT2D eigenvalue weighted by atomic mass is 10.3. The van der Waals surface area contributed by atoms with Crippen molar-refractivity contribution in [2.24, 2.45) is 16.8 Å². The first-order valence-corrected chi connectivity index (χ1v) is 4.88. The average molecular weight is 221 g/mol. The van der Waals surface area contributed by atoms with Crippen molar-refractivity contribution < 1.29 is 9.53 Å². The zero-order valence-corrected chi connectivity index (χ0v) is 8.71. The van der Waals surface area contributed by atoms with Gasteiger partial charge in [-0.3, -0.25) is 9.78 Å². The molecule has 2 atom stereocenters. The first-order chi connectivity index (χ1) is 7.70. The van der Waals surface area contributed by atoms with Crippen LogP contribution < -0.4 is 5.69 Å². The number of carbonyl (C=O) groups excluding carboxylic acids is 1. The summed E-state index contributed by atoms with van der Waals surface area (Å²) in [6.07, 6.45) is 3.80. The molecule has 84 valence electrons. The van der Waals surface area contributed by atoms with Crippen molar-refractivity contribution in [2.45, 2.75) is 6.42 Å². The molecule has 1 saturated carbocycles. The molecule has 0 radical (unpaired) electrons. The van der Waals surface area contributed by atoms with E-state index in [1.54, 1.807) is 12.3 Å². The molecule has 1 aliphatic rings. The van der Waals surface area contributed by atoms with E-state index < -0.39 is 5.69 Å². The van der Waals surface area contributed by atoms with E-state index in [-0.39, 0.29) is 17.8 Å². The number of H-pyrrole nitrogens is 1. The second-order valence-corrected chi connectivity index (χ2v) is 3.57. The van der Waals surface area contributed by atoms with Gasteiger partial charge in [0.25, 0.3) is 0 Å². The third-order valence-electron chi connectivity index (χ3n) is 2.41. The first-order valence-electron chi connectivity index (χ1n) is 4.88. The van der Waals surface area contributed by atoms with E-state index in [2.05, 4.69) is 19.7 Å². The van der Waals surface area contributed by atoms with E-state index in [0.29, 0.717) is 5.82 Å². The Hall–Kier alpha value is -1.98. The SMILES string of the molecule is COC(=O)C1CC1C=Nc1ccnc(=O)[nH]1. The number of esters is 1. The number of aliphatic imine (C=N–C) groups is 1. The van der Waals surface area contributed by atoms with Gasteiger partial charge in [-0.2, -0.15) is 0 Å². The lowest BCUT2D eigenvalue weighted by molar-refractivity contribution is -0.142. The Balaban J connectivity index is 1.97. The number of rotatable bonds is 3. The Morgan fingerprint density at radius 2 is 2.56 bits per heavy atom. The van der Waals surface area contributed by atoms with Crippen LogP contribution in [0.25, 0.3) is 0 Å². The van der Waals surface area contributed by atoms with Crippen LogP contribution >= 0.6 is 0 Å². The van der Waals surface area contributed by atoms with Gasteiger partial charge in [0.1, 0.15) is 5.82 Å². The molecule has 0 bridgehead atoms. The highest BCUT2D eigenvalue weighted by molar-refractivity contribution is 5.83. The summed E-state index contributed by atoms with van der Waals surface area (Å²) in [5, 5.41) is 0. The number of aromatic amines is 1. The summed E-state index contributed by atoms with van der Waals surface area (Å²) in [6, 6.07) is 1.59. The Labute approximate surface area is 91.4 Å². The number of carbonyl (C=O) groups is 1. The van der Waals surface area contributed by atoms with Crippen molar-refractivity contribution in [2.75, 3.05) is 7.11 Å². The van der Waals surface area contributed by atoms with E-state index >= 15 is 0 Å². The van der Waals surface area contributed by atoms with Gasteiger partial charge < -0.3 is 4.74 Å². The molecule has 2 rings (SSSR count). The van der Waals surface area contributed by atoms with Gasteiger partial charge in [0.15, 0.2) is 0 Å². The molecule has 1 aromatic rings. The number of ether oxygens (including phenoxy) is 1. The minimum Gasteiger partial charge on any atom is -0.469 e. The first kappa shape index (κ1) is 10.5. The van der Waals surface area contributed by atoms with Crippen molar-refractivity contribution in [1.82, 2.24) is 9.97 Å². The van der Waals surface area contributed by atoms with E-state index in [1.165, 1.54) is 13.3 Å². The van der Waals surface area contributed by atoms with Crippen LogP contribution in [0, 0.1) is 11.8 Å². The topological polar surface area (TPSA) is 84.4 Å². The van der Waals surface area contributed by atoms with Gasteiger partial charge in [-0.25, -0.2) is 14.8 Å². The summed E-state index contributed by atoms with van der Waals surface area (Å²) in [7, 11) is 1.37. The summed E-state index contributed by atoms with van der Waals surface area (Å²) in [5.41, 5.74) is -0.435. The van der Waals surface area contributed by atoms with Gasteiger partial charge in [-0.1, -0.05) is 0 Å². The molecule has 1 aromatic heterocycles. The average Bonchev–Trinajstić information content (AvgIpc) is 3.05. The molecule has 1 aliphatic carbocycles. The number of nitrogens with one attached hydrogen (secondary N) is 1. The predicted octanol–water partition coefficient (Wildman–Crippen LogP) is 0.281. The monoisotopic (exact) mass is 221 g/mol. The Bertz CT molecular complexity index is 480. The molecule has 0 saturated heterocycles. The van der Waals surface area contributed by atoms with Crippen LogP contribution in [0.2, 0.25) is 0 Å². The summed E-state index contributed by atoms with van der Waals surface area (Å²) < 4.78 is 4.61. The smallest absolute Gasteiger partial charge is 0.346 e. The molecular formula is C10H11N3O3. The van der Waals surface area contributed by atoms with Crippen LogP contribution in [0.3, 0.4) is 0 Å². The molecule has 16 heavy (non-hydrogen) atoms. The van der Waals surface area contributed by atoms with Crippen LogP contribution in [-0.2, 0) is 9.53 Å². The van der Waals surface area contributed by atoms with Crippen molar-refractivity contribution in [3.8, 4) is 0 Å². The highest BCUT2D eigenvalue weighted by atomic mass is 16.5.